The number of thiophene rings is 1. The summed E-state index contributed by atoms with van der Waals surface area (Å²) in [7, 11) is 0. The zero-order valence-electron chi connectivity index (χ0n) is 37.7. The van der Waals surface area contributed by atoms with E-state index in [-0.39, 0.29) is 0 Å². The van der Waals surface area contributed by atoms with E-state index in [0.717, 1.165) is 44.9 Å². The third kappa shape index (κ3) is 6.03. The predicted octanol–water partition coefficient (Wildman–Crippen LogP) is 19.6. The van der Waals surface area contributed by atoms with Gasteiger partial charge in [-0.05, 0) is 128 Å². The van der Waals surface area contributed by atoms with E-state index in [9.17, 15) is 0 Å². The molecule has 1 aliphatic heterocycles. The number of rotatable bonds is 6. The van der Waals surface area contributed by atoms with Crippen molar-refractivity contribution >= 4 is 142 Å². The van der Waals surface area contributed by atoms with Crippen LogP contribution in [0.15, 0.2) is 240 Å². The van der Waals surface area contributed by atoms with Gasteiger partial charge < -0.3 is 9.80 Å². The van der Waals surface area contributed by atoms with E-state index in [4.69, 9.17) is 0 Å². The van der Waals surface area contributed by atoms with Crippen molar-refractivity contribution in [2.24, 2.45) is 0 Å². The lowest BCUT2D eigenvalue weighted by atomic mass is 9.94. The second kappa shape index (κ2) is 15.5. The van der Waals surface area contributed by atoms with Gasteiger partial charge in [-0.3, -0.25) is 0 Å². The molecule has 1 aromatic heterocycles. The first-order chi connectivity index (χ1) is 34.7. The quantitative estimate of drug-likeness (QED) is 0.164. The average molecular weight is 923 g/mol. The van der Waals surface area contributed by atoms with Gasteiger partial charge in [0, 0.05) is 68.3 Å². The highest BCUT2D eigenvalue weighted by Crippen LogP contribution is 2.55. The molecular formula is C66H38N2S2. The molecule has 0 fully saturated rings. The Bertz CT molecular complexity index is 4480. The molecule has 14 aromatic rings. The topological polar surface area (TPSA) is 6.48 Å². The highest BCUT2D eigenvalue weighted by molar-refractivity contribution is 7.99. The molecule has 0 saturated carbocycles. The Kier molecular flexibility index (Phi) is 8.71. The fourth-order valence-corrected chi connectivity index (χ4v) is 13.6. The molecule has 1 aliphatic rings. The predicted molar refractivity (Wildman–Crippen MR) is 301 cm³/mol. The first-order valence-electron chi connectivity index (χ1n) is 23.7. The highest BCUT2D eigenvalue weighted by Gasteiger charge is 2.27. The van der Waals surface area contributed by atoms with Crippen molar-refractivity contribution in [1.82, 2.24) is 0 Å². The summed E-state index contributed by atoms with van der Waals surface area (Å²) >= 11 is 3.80. The van der Waals surface area contributed by atoms with Gasteiger partial charge in [0.15, 0.2) is 0 Å². The Labute approximate surface area is 412 Å². The highest BCUT2D eigenvalue weighted by atomic mass is 32.2. The van der Waals surface area contributed by atoms with E-state index in [1.807, 2.05) is 35.2 Å². The maximum absolute atomic E-state index is 3.20. The molecule has 2 heterocycles. The molecule has 0 aliphatic carbocycles. The lowest BCUT2D eigenvalue weighted by molar-refractivity contribution is 1.31. The maximum atomic E-state index is 3.20. The number of hydrogen-bond acceptors (Lipinski definition) is 4. The first kappa shape index (κ1) is 39.4. The zero-order valence-corrected chi connectivity index (χ0v) is 39.3. The van der Waals surface area contributed by atoms with Gasteiger partial charge in [-0.25, -0.2) is 0 Å². The lowest BCUT2D eigenvalue weighted by Gasteiger charge is -2.30. The molecule has 0 radical (unpaired) electrons. The molecule has 0 N–H and O–H groups in total. The van der Waals surface area contributed by atoms with Crippen molar-refractivity contribution in [3.8, 4) is 11.1 Å². The minimum Gasteiger partial charge on any atom is -0.309 e. The summed E-state index contributed by atoms with van der Waals surface area (Å²) in [6, 6.07) is 91.5. The zero-order chi connectivity index (χ0) is 45.9. The summed E-state index contributed by atoms with van der Waals surface area (Å²) in [5.74, 6) is 0. The third-order valence-electron chi connectivity index (χ3n) is 14.4. The molecule has 15 rings (SSSR count). The average Bonchev–Trinajstić information content (AvgIpc) is 3.78. The Balaban J connectivity index is 0.935. The summed E-state index contributed by atoms with van der Waals surface area (Å²) in [6.07, 6.45) is 0. The van der Waals surface area contributed by atoms with E-state index >= 15 is 0 Å². The van der Waals surface area contributed by atoms with Gasteiger partial charge in [-0.1, -0.05) is 176 Å². The third-order valence-corrected chi connectivity index (χ3v) is 16.6. The van der Waals surface area contributed by atoms with Crippen LogP contribution in [-0.4, -0.2) is 0 Å². The van der Waals surface area contributed by atoms with Crippen LogP contribution in [0.3, 0.4) is 0 Å². The van der Waals surface area contributed by atoms with E-state index in [1.165, 1.54) is 95.0 Å². The Morgan fingerprint density at radius 3 is 1.63 bits per heavy atom. The Morgan fingerprint density at radius 2 is 0.871 bits per heavy atom. The van der Waals surface area contributed by atoms with Crippen LogP contribution in [0.1, 0.15) is 0 Å². The minimum atomic E-state index is 1.10. The van der Waals surface area contributed by atoms with Gasteiger partial charge in [0.05, 0.1) is 22.7 Å². The molecule has 0 atom stereocenters. The molecule has 0 saturated heterocycles. The van der Waals surface area contributed by atoms with Gasteiger partial charge in [0.25, 0.3) is 0 Å². The molecule has 13 aromatic carbocycles. The van der Waals surface area contributed by atoms with Crippen LogP contribution >= 0.6 is 23.1 Å². The van der Waals surface area contributed by atoms with Gasteiger partial charge >= 0.3 is 0 Å². The number of benzene rings is 12. The van der Waals surface area contributed by atoms with Crippen molar-refractivity contribution in [2.45, 2.75) is 9.79 Å². The smallest absolute Gasteiger partial charge is 0.0554 e. The van der Waals surface area contributed by atoms with Crippen molar-refractivity contribution in [1.29, 1.82) is 0 Å². The molecule has 0 amide bonds. The van der Waals surface area contributed by atoms with E-state index < -0.39 is 0 Å². The fourth-order valence-electron chi connectivity index (χ4n) is 11.2. The van der Waals surface area contributed by atoms with Crippen molar-refractivity contribution in [3.63, 3.8) is 0 Å². The van der Waals surface area contributed by atoms with Gasteiger partial charge in [0.1, 0.15) is 0 Å². The monoisotopic (exact) mass is 922 g/mol. The van der Waals surface area contributed by atoms with Gasteiger partial charge in [-0.2, -0.15) is 0 Å². The standard InChI is InChI=1S/C66H38N2S2/c1-3-18-45-36-47(32-30-41(45)14-1)67(57-27-11-20-43-16-5-7-22-49(43)57)59-35-34-53-55-38-63-56(39-62(55)69-61-29-13-26-54(59)65(53)61)66-52-25-10-9-24-51(52)60(40-64(66)70-63)68(48-33-31-42-15-2-4-19-46(42)37-48)58-28-12-21-44-17-6-8-23-50(44)58/h1,3,5-40H. The largest absolute Gasteiger partial charge is 0.309 e. The molecular weight excluding hydrogens is 885 g/mol. The maximum Gasteiger partial charge on any atom is 0.0554 e. The minimum absolute atomic E-state index is 1.10. The summed E-state index contributed by atoms with van der Waals surface area (Å²) in [5, 5.41) is 17.2. The molecule has 70 heavy (non-hydrogen) atoms. The van der Waals surface area contributed by atoms with Crippen LogP contribution in [0.4, 0.5) is 34.1 Å². The Morgan fingerprint density at radius 1 is 0.300 bits per heavy atom. The van der Waals surface area contributed by atoms with Crippen molar-refractivity contribution in [2.75, 3.05) is 9.80 Å². The number of hydrogen-bond donors (Lipinski definition) is 0. The second-order valence-corrected chi connectivity index (χ2v) is 20.4. The number of nitrogens with zero attached hydrogens (tertiary/aromatic N) is 2. The number of fused-ring (bicyclic) bond motifs is 11. The van der Waals surface area contributed by atoms with E-state index in [0.29, 0.717) is 0 Å². The van der Waals surface area contributed by atoms with Crippen LogP contribution in [-0.2, 0) is 0 Å². The van der Waals surface area contributed by atoms with Crippen LogP contribution in [0.5, 0.6) is 0 Å². The van der Waals surface area contributed by atoms with Crippen LogP contribution in [0.25, 0.3) is 95.9 Å². The van der Waals surface area contributed by atoms with E-state index in [2.05, 4.69) is 240 Å². The molecule has 0 spiro atoms. The summed E-state index contributed by atoms with van der Waals surface area (Å²) in [6.45, 7) is 0. The molecule has 0 unspecified atom stereocenters. The summed E-state index contributed by atoms with van der Waals surface area (Å²) in [5.41, 5.74) is 9.42. The van der Waals surface area contributed by atoms with E-state index in [1.54, 1.807) is 0 Å². The number of anilines is 6. The molecule has 2 nitrogen and oxygen atoms in total. The van der Waals surface area contributed by atoms with Crippen molar-refractivity contribution in [3.05, 3.63) is 243 Å². The SMILES string of the molecule is c1cc2ccc(N(c3cccc4ccccc34)c3cc4sc5cc6c(cc5c4c4ccccc34)Sc3cccc4c(N(c5ccc7ccccc7c5)c5cccc7ccccc57)ccc-6c34)cc2cc#1. The lowest BCUT2D eigenvalue weighted by Crippen LogP contribution is -2.11. The second-order valence-electron chi connectivity index (χ2n) is 18.3. The Hall–Kier alpha value is -8.59. The molecule has 4 heteroatoms. The molecule has 324 valence electrons. The van der Waals surface area contributed by atoms with Gasteiger partial charge in [0.2, 0.25) is 0 Å². The summed E-state index contributed by atoms with van der Waals surface area (Å²) < 4.78 is 2.56. The van der Waals surface area contributed by atoms with Crippen LogP contribution < -0.4 is 9.80 Å². The normalized spacial score (nSPS) is 12.1. The van der Waals surface area contributed by atoms with Crippen molar-refractivity contribution < 1.29 is 0 Å². The van der Waals surface area contributed by atoms with Crippen LogP contribution in [0.2, 0.25) is 0 Å². The first-order valence-corrected chi connectivity index (χ1v) is 25.4. The molecule has 0 bridgehead atoms. The fraction of sp³-hybridized carbons (Fsp3) is 0. The van der Waals surface area contributed by atoms with Crippen LogP contribution in [0, 0.1) is 12.1 Å². The summed E-state index contributed by atoms with van der Waals surface area (Å²) in [4.78, 5) is 7.52. The van der Waals surface area contributed by atoms with Gasteiger partial charge in [-0.15, -0.1) is 11.3 Å².